The summed E-state index contributed by atoms with van der Waals surface area (Å²) in [5, 5.41) is 1.12. The van der Waals surface area contributed by atoms with Crippen LogP contribution >= 0.6 is 0 Å². The zero-order valence-corrected chi connectivity index (χ0v) is 14.7. The van der Waals surface area contributed by atoms with Crippen molar-refractivity contribution in [3.05, 3.63) is 24.8 Å². The van der Waals surface area contributed by atoms with E-state index in [2.05, 4.69) is 25.6 Å². The first-order valence-corrected chi connectivity index (χ1v) is 9.46. The van der Waals surface area contributed by atoms with Crippen LogP contribution in [-0.4, -0.2) is 56.6 Å². The van der Waals surface area contributed by atoms with Crippen molar-refractivity contribution in [1.82, 2.24) is 24.4 Å². The molecule has 1 N–H and O–H groups in total. The maximum absolute atomic E-state index is 12.7. The van der Waals surface area contributed by atoms with E-state index in [1.165, 1.54) is 0 Å². The van der Waals surface area contributed by atoms with Crippen LogP contribution in [-0.2, 0) is 9.53 Å². The average Bonchev–Trinajstić information content (AvgIpc) is 3.34. The van der Waals surface area contributed by atoms with Crippen LogP contribution in [0.4, 0.5) is 0 Å². The molecule has 1 saturated carbocycles. The van der Waals surface area contributed by atoms with Crippen LogP contribution in [0.2, 0.25) is 0 Å². The van der Waals surface area contributed by atoms with Crippen LogP contribution in [0.3, 0.4) is 0 Å². The Morgan fingerprint density at radius 1 is 1.15 bits per heavy atom. The molecule has 7 nitrogen and oxygen atoms in total. The summed E-state index contributed by atoms with van der Waals surface area (Å²) in [7, 11) is 0. The van der Waals surface area contributed by atoms with Crippen LogP contribution in [0.5, 0.6) is 0 Å². The van der Waals surface area contributed by atoms with Gasteiger partial charge in [-0.3, -0.25) is 4.79 Å². The Morgan fingerprint density at radius 2 is 1.96 bits per heavy atom. The highest BCUT2D eigenvalue weighted by Gasteiger charge is 2.31. The van der Waals surface area contributed by atoms with Crippen molar-refractivity contribution >= 4 is 28.0 Å². The zero-order chi connectivity index (χ0) is 17.5. The number of carbonyl (C=O) groups is 1. The molecule has 1 saturated heterocycles. The Kier molecular flexibility index (Phi) is 3.89. The summed E-state index contributed by atoms with van der Waals surface area (Å²) in [6, 6.07) is 2.46. The number of amides is 1. The van der Waals surface area contributed by atoms with E-state index >= 15 is 0 Å². The number of morpholine rings is 1. The van der Waals surface area contributed by atoms with Crippen molar-refractivity contribution in [3.63, 3.8) is 0 Å². The smallest absolute Gasteiger partial charge is 0.225 e. The first-order valence-electron chi connectivity index (χ1n) is 9.46. The number of fused-ring (bicyclic) bond motifs is 3. The quantitative estimate of drug-likeness (QED) is 0.768. The molecule has 1 aliphatic heterocycles. The van der Waals surface area contributed by atoms with Crippen LogP contribution in [0.25, 0.3) is 22.1 Å². The SMILES string of the molecule is O=C(C1CCC(n2cnc3cnc4[nH]ccc4c32)CC1)N1CCOCC1. The minimum Gasteiger partial charge on any atom is -0.378 e. The van der Waals surface area contributed by atoms with Crippen molar-refractivity contribution in [2.75, 3.05) is 26.3 Å². The maximum Gasteiger partial charge on any atom is 0.225 e. The maximum atomic E-state index is 12.7. The number of pyridine rings is 1. The fourth-order valence-corrected chi connectivity index (χ4v) is 4.45. The molecule has 1 aliphatic carbocycles. The molecule has 1 amide bonds. The number of nitrogens with one attached hydrogen (secondary N) is 1. The molecule has 4 heterocycles. The normalized spacial score (nSPS) is 24.4. The van der Waals surface area contributed by atoms with Crippen LogP contribution in [0.1, 0.15) is 31.7 Å². The molecule has 0 radical (unpaired) electrons. The van der Waals surface area contributed by atoms with Gasteiger partial charge >= 0.3 is 0 Å². The number of carbonyl (C=O) groups excluding carboxylic acids is 1. The molecule has 136 valence electrons. The average molecular weight is 353 g/mol. The van der Waals surface area contributed by atoms with Crippen LogP contribution in [0.15, 0.2) is 24.8 Å². The molecular formula is C19H23N5O2. The lowest BCUT2D eigenvalue weighted by Crippen LogP contribution is -2.44. The topological polar surface area (TPSA) is 76.0 Å². The molecule has 0 aromatic carbocycles. The number of hydrogen-bond acceptors (Lipinski definition) is 4. The molecule has 0 atom stereocenters. The van der Waals surface area contributed by atoms with E-state index in [1.54, 1.807) is 0 Å². The second-order valence-electron chi connectivity index (χ2n) is 7.33. The molecule has 0 spiro atoms. The number of ether oxygens (including phenoxy) is 1. The Morgan fingerprint density at radius 3 is 2.77 bits per heavy atom. The Balaban J connectivity index is 1.35. The van der Waals surface area contributed by atoms with E-state index in [9.17, 15) is 4.79 Å². The lowest BCUT2D eigenvalue weighted by molar-refractivity contribution is -0.140. The number of aromatic amines is 1. The van der Waals surface area contributed by atoms with E-state index in [1.807, 2.05) is 23.6 Å². The molecule has 3 aromatic heterocycles. The van der Waals surface area contributed by atoms with Crippen LogP contribution in [0, 0.1) is 5.92 Å². The Hall–Kier alpha value is -2.41. The van der Waals surface area contributed by atoms with Gasteiger partial charge in [-0.2, -0.15) is 0 Å². The molecule has 5 rings (SSSR count). The molecule has 3 aromatic rings. The molecule has 0 bridgehead atoms. The van der Waals surface area contributed by atoms with Gasteiger partial charge in [0.25, 0.3) is 0 Å². The first kappa shape index (κ1) is 15.8. The number of aromatic nitrogens is 4. The Labute approximate surface area is 151 Å². The molecule has 0 unspecified atom stereocenters. The molecule has 2 fully saturated rings. The second-order valence-corrected chi connectivity index (χ2v) is 7.33. The standard InChI is InChI=1S/C19H23N5O2/c25-19(23-7-9-26-10-8-23)13-1-3-14(4-2-13)24-12-22-16-11-21-18-15(17(16)24)5-6-20-18/h5-6,11-14H,1-4,7-10H2,(H,20,21). The fraction of sp³-hybridized carbons (Fsp3) is 0.526. The number of nitrogens with zero attached hydrogens (tertiary/aromatic N) is 4. The van der Waals surface area contributed by atoms with Gasteiger partial charge in [-0.15, -0.1) is 0 Å². The van der Waals surface area contributed by atoms with Crippen molar-refractivity contribution in [2.45, 2.75) is 31.7 Å². The van der Waals surface area contributed by atoms with Gasteiger partial charge in [0.1, 0.15) is 11.2 Å². The van der Waals surface area contributed by atoms with Crippen molar-refractivity contribution < 1.29 is 9.53 Å². The highest BCUT2D eigenvalue weighted by Crippen LogP contribution is 2.36. The van der Waals surface area contributed by atoms with Gasteiger partial charge in [0.2, 0.25) is 5.91 Å². The minimum atomic E-state index is 0.160. The number of hydrogen-bond donors (Lipinski definition) is 1. The summed E-state index contributed by atoms with van der Waals surface area (Å²) >= 11 is 0. The molecule has 26 heavy (non-hydrogen) atoms. The molecule has 7 heteroatoms. The van der Waals surface area contributed by atoms with Crippen molar-refractivity contribution in [1.29, 1.82) is 0 Å². The van der Waals surface area contributed by atoms with Crippen molar-refractivity contribution in [2.24, 2.45) is 5.92 Å². The third-order valence-corrected chi connectivity index (χ3v) is 5.88. The lowest BCUT2D eigenvalue weighted by Gasteiger charge is -2.34. The largest absolute Gasteiger partial charge is 0.378 e. The minimum absolute atomic E-state index is 0.160. The molecule has 2 aliphatic rings. The van der Waals surface area contributed by atoms with Crippen molar-refractivity contribution in [3.8, 4) is 0 Å². The third kappa shape index (κ3) is 2.58. The number of rotatable bonds is 2. The van der Waals surface area contributed by atoms with Gasteiger partial charge in [-0.25, -0.2) is 9.97 Å². The van der Waals surface area contributed by atoms with Crippen LogP contribution < -0.4 is 0 Å². The summed E-state index contributed by atoms with van der Waals surface area (Å²) in [6.07, 6.45) is 9.61. The zero-order valence-electron chi connectivity index (χ0n) is 14.7. The van der Waals surface area contributed by atoms with E-state index in [0.29, 0.717) is 25.2 Å². The summed E-state index contributed by atoms with van der Waals surface area (Å²) in [6.45, 7) is 2.82. The Bertz CT molecular complexity index is 932. The number of H-pyrrole nitrogens is 1. The summed E-state index contributed by atoms with van der Waals surface area (Å²) in [4.78, 5) is 26.9. The second kappa shape index (κ2) is 6.39. The van der Waals surface area contributed by atoms with E-state index in [-0.39, 0.29) is 5.92 Å². The van der Waals surface area contributed by atoms with Gasteiger partial charge in [0, 0.05) is 36.6 Å². The predicted octanol–water partition coefficient (Wildman–Crippen LogP) is 2.50. The highest BCUT2D eigenvalue weighted by atomic mass is 16.5. The van der Waals surface area contributed by atoms with Gasteiger partial charge in [-0.1, -0.05) is 0 Å². The lowest BCUT2D eigenvalue weighted by atomic mass is 9.85. The highest BCUT2D eigenvalue weighted by molar-refractivity contribution is 6.00. The fourth-order valence-electron chi connectivity index (χ4n) is 4.45. The predicted molar refractivity (Wildman–Crippen MR) is 97.8 cm³/mol. The number of imidazole rings is 1. The third-order valence-electron chi connectivity index (χ3n) is 5.88. The van der Waals surface area contributed by atoms with Gasteiger partial charge in [0.05, 0.1) is 31.3 Å². The monoisotopic (exact) mass is 353 g/mol. The van der Waals surface area contributed by atoms with Gasteiger partial charge < -0.3 is 19.2 Å². The van der Waals surface area contributed by atoms with Gasteiger partial charge in [0.15, 0.2) is 0 Å². The summed E-state index contributed by atoms with van der Waals surface area (Å²) in [5.41, 5.74) is 2.98. The van der Waals surface area contributed by atoms with Gasteiger partial charge in [-0.05, 0) is 31.7 Å². The summed E-state index contributed by atoms with van der Waals surface area (Å²) in [5.74, 6) is 0.479. The molecular weight excluding hydrogens is 330 g/mol. The van der Waals surface area contributed by atoms with E-state index < -0.39 is 0 Å². The summed E-state index contributed by atoms with van der Waals surface area (Å²) < 4.78 is 7.66. The first-order chi connectivity index (χ1) is 12.8. The van der Waals surface area contributed by atoms with E-state index in [4.69, 9.17) is 4.74 Å². The van der Waals surface area contributed by atoms with E-state index in [0.717, 1.165) is 60.8 Å².